The number of nitrogens with zero attached hydrogens (tertiary/aromatic N) is 2. The molecule has 3 aliphatic carbocycles. The van der Waals surface area contributed by atoms with Crippen molar-refractivity contribution in [3.05, 3.63) is 34.1 Å². The van der Waals surface area contributed by atoms with E-state index in [0.29, 0.717) is 5.56 Å². The van der Waals surface area contributed by atoms with Crippen LogP contribution in [0.2, 0.25) is 0 Å². The molecule has 0 saturated heterocycles. The number of benzene rings is 1. The average Bonchev–Trinajstić information content (AvgIpc) is 2.91. The molecule has 2 unspecified atom stereocenters. The first-order valence-electron chi connectivity index (χ1n) is 14.6. The van der Waals surface area contributed by atoms with Crippen LogP contribution in [-0.2, 0) is 31.2 Å². The Labute approximate surface area is 261 Å². The maximum absolute atomic E-state index is 14.0. The van der Waals surface area contributed by atoms with Gasteiger partial charge in [-0.05, 0) is 57.3 Å². The van der Waals surface area contributed by atoms with Gasteiger partial charge in [-0.3, -0.25) is 28.4 Å². The number of phenols is 1. The van der Waals surface area contributed by atoms with Crippen molar-refractivity contribution in [1.29, 1.82) is 0 Å². The minimum Gasteiger partial charge on any atom is -0.508 e. The number of nitrogens with two attached hydrogens (primary N) is 2. The number of likely N-dealkylation sites (N-methyl/N-ethyl adjacent to an activating group) is 1. The number of primary amides is 1. The van der Waals surface area contributed by atoms with Gasteiger partial charge in [0.05, 0.1) is 17.3 Å². The number of phenolic OH excluding ortho intramolecular Hbond substituents is 1. The molecule has 250 valence electrons. The normalized spacial score (nSPS) is 24.5. The third kappa shape index (κ3) is 6.65. The number of hydrogen-bond donors (Lipinski definition) is 8. The topological polar surface area (TPSA) is 265 Å². The Kier molecular flexibility index (Phi) is 10.6. The van der Waals surface area contributed by atoms with Crippen LogP contribution >= 0.6 is 0 Å². The van der Waals surface area contributed by atoms with Crippen molar-refractivity contribution in [1.82, 2.24) is 4.90 Å². The fourth-order valence-corrected chi connectivity index (χ4v) is 6.64. The van der Waals surface area contributed by atoms with E-state index in [2.05, 4.69) is 18.7 Å². The highest BCUT2D eigenvalue weighted by molar-refractivity contribution is 7.79. The third-order valence-corrected chi connectivity index (χ3v) is 8.63. The monoisotopic (exact) mass is 654 g/mol. The van der Waals surface area contributed by atoms with Crippen LogP contribution in [0, 0.1) is 11.8 Å². The second-order valence-electron chi connectivity index (χ2n) is 11.8. The maximum atomic E-state index is 14.0. The molecule has 0 bridgehead atoms. The quantitative estimate of drug-likeness (QED) is 0.0807. The molecule has 45 heavy (non-hydrogen) atoms. The zero-order valence-electron chi connectivity index (χ0n) is 25.6. The summed E-state index contributed by atoms with van der Waals surface area (Å²) in [4.78, 5) is 43.1. The second-order valence-corrected chi connectivity index (χ2v) is 12.7. The van der Waals surface area contributed by atoms with Gasteiger partial charge in [0.2, 0.25) is 5.78 Å². The number of amides is 1. The lowest BCUT2D eigenvalue weighted by Gasteiger charge is -2.50. The van der Waals surface area contributed by atoms with Crippen LogP contribution < -0.4 is 16.4 Å². The number of unbranched alkanes of at least 4 members (excludes halogenated alkanes) is 2. The first-order valence-corrected chi connectivity index (χ1v) is 16.0. The molecule has 0 aliphatic heterocycles. The van der Waals surface area contributed by atoms with Gasteiger partial charge in [0.1, 0.15) is 22.8 Å². The highest BCUT2D eigenvalue weighted by Crippen LogP contribution is 2.54. The molecule has 1 aromatic rings. The Morgan fingerprint density at radius 3 is 2.07 bits per heavy atom. The summed E-state index contributed by atoms with van der Waals surface area (Å²) in [7, 11) is -1.52. The van der Waals surface area contributed by atoms with E-state index >= 15 is 0 Å². The molecule has 16 heteroatoms. The van der Waals surface area contributed by atoms with Gasteiger partial charge in [-0.15, -0.1) is 0 Å². The number of aliphatic hydroxyl groups excluding tert-OH is 2. The number of rotatable bonds is 9. The van der Waals surface area contributed by atoms with E-state index in [0.717, 1.165) is 44.5 Å². The van der Waals surface area contributed by atoms with Crippen molar-refractivity contribution in [3.8, 4) is 5.75 Å². The summed E-state index contributed by atoms with van der Waals surface area (Å²) < 4.78 is 31.6. The van der Waals surface area contributed by atoms with Gasteiger partial charge in [0.25, 0.3) is 5.91 Å². The predicted molar refractivity (Wildman–Crippen MR) is 165 cm³/mol. The van der Waals surface area contributed by atoms with E-state index in [4.69, 9.17) is 29.0 Å². The molecule has 1 aromatic carbocycles. The number of fused-ring (bicyclic) bond motifs is 3. The molecule has 4 rings (SSSR count). The van der Waals surface area contributed by atoms with Gasteiger partial charge in [0.15, 0.2) is 11.4 Å². The minimum absolute atomic E-state index is 0.0179. The Balaban J connectivity index is 0.00000102. The summed E-state index contributed by atoms with van der Waals surface area (Å²) >= 11 is 0. The fraction of sp³-hybridized carbons (Fsp3) is 0.552. The number of carbonyl (C=O) groups excluding carboxylic acids is 3. The van der Waals surface area contributed by atoms with Crippen molar-refractivity contribution in [2.45, 2.75) is 64.0 Å². The molecule has 15 nitrogen and oxygen atoms in total. The molecule has 3 aliphatic rings. The van der Waals surface area contributed by atoms with Crippen molar-refractivity contribution in [2.75, 3.05) is 37.8 Å². The van der Waals surface area contributed by atoms with Crippen molar-refractivity contribution in [3.63, 3.8) is 0 Å². The van der Waals surface area contributed by atoms with Crippen molar-refractivity contribution in [2.24, 2.45) is 17.6 Å². The summed E-state index contributed by atoms with van der Waals surface area (Å²) in [5.74, 6) is -6.85. The molecular weight excluding hydrogens is 612 g/mol. The van der Waals surface area contributed by atoms with E-state index in [1.807, 2.05) is 0 Å². The van der Waals surface area contributed by atoms with Crippen LogP contribution in [0.3, 0.4) is 0 Å². The summed E-state index contributed by atoms with van der Waals surface area (Å²) in [6.45, 7) is 5.66. The highest BCUT2D eigenvalue weighted by atomic mass is 32.3. The zero-order chi connectivity index (χ0) is 34.2. The van der Waals surface area contributed by atoms with E-state index in [1.54, 1.807) is 20.2 Å². The molecule has 0 heterocycles. The maximum Gasteiger partial charge on any atom is 0.394 e. The smallest absolute Gasteiger partial charge is 0.394 e. The first kappa shape index (κ1) is 35.8. The van der Waals surface area contributed by atoms with Gasteiger partial charge in [-0.1, -0.05) is 26.7 Å². The van der Waals surface area contributed by atoms with Crippen LogP contribution in [-0.4, -0.2) is 99.2 Å². The molecule has 4 atom stereocenters. The van der Waals surface area contributed by atoms with Crippen LogP contribution in [0.25, 0.3) is 5.76 Å². The van der Waals surface area contributed by atoms with Crippen molar-refractivity contribution >= 4 is 45.0 Å². The second kappa shape index (κ2) is 13.3. The predicted octanol–water partition coefficient (Wildman–Crippen LogP) is 1.30. The summed E-state index contributed by atoms with van der Waals surface area (Å²) in [5.41, 5.74) is 9.32. The number of anilines is 2. The Morgan fingerprint density at radius 2 is 1.60 bits per heavy atom. The van der Waals surface area contributed by atoms with E-state index in [1.165, 1.54) is 4.90 Å². The number of hydrogen-bond acceptors (Lipinski definition) is 12. The molecule has 10 N–H and O–H groups in total. The largest absolute Gasteiger partial charge is 0.508 e. The lowest BCUT2D eigenvalue weighted by atomic mass is 9.57. The SMILES string of the molecule is CCCCN(CCCC)c1cc(N)c(O)c2c1CC1CC3[C@H](N(C)C)C(=O)C(C(N)=O)=C(O)[C@@]3(O)C(=O)C1=C2O.O=S(=O)(O)O. The summed E-state index contributed by atoms with van der Waals surface area (Å²) in [6, 6.07) is 0.571. The molecule has 0 spiro atoms. The number of nitrogen functional groups attached to an aromatic ring is 1. The molecule has 0 radical (unpaired) electrons. The van der Waals surface area contributed by atoms with E-state index in [-0.39, 0.29) is 35.4 Å². The average molecular weight is 655 g/mol. The minimum atomic E-state index is -4.67. The standard InChI is InChI=1S/C29H40N4O7.H2O4S/c1-5-7-9-33(10-8-6-2)18-13-17(30)23(34)20-15(18)11-14-12-16-22(32(3)4)25(36)21(28(31)39)27(38)29(16,40)26(37)19(14)24(20)35;1-5(2,3)4/h13-14,16,22,34-35,38,40H,5-12,30H2,1-4H3,(H2,31,39);(H2,1,2,3,4)/t14?,16?,22-,29-;/m0./s1. The van der Waals surface area contributed by atoms with Gasteiger partial charge in [0, 0.05) is 30.3 Å². The number of aromatic hydroxyl groups is 1. The van der Waals surface area contributed by atoms with Gasteiger partial charge >= 0.3 is 10.4 Å². The Hall–Kier alpha value is -3.70. The zero-order valence-corrected chi connectivity index (χ0v) is 26.5. The van der Waals surface area contributed by atoms with Gasteiger partial charge in [-0.2, -0.15) is 8.42 Å². The molecule has 1 amide bonds. The van der Waals surface area contributed by atoms with Crippen LogP contribution in [0.1, 0.15) is 57.1 Å². The highest BCUT2D eigenvalue weighted by Gasteiger charge is 2.64. The van der Waals surface area contributed by atoms with E-state index in [9.17, 15) is 34.8 Å². The lowest BCUT2D eigenvalue weighted by Crippen LogP contribution is -2.65. The lowest BCUT2D eigenvalue weighted by molar-refractivity contribution is -0.153. The van der Waals surface area contributed by atoms with Crippen LogP contribution in [0.4, 0.5) is 11.4 Å². The molecule has 1 saturated carbocycles. The molecule has 1 fully saturated rings. The van der Waals surface area contributed by atoms with Crippen molar-refractivity contribution < 1.29 is 52.3 Å². The number of ketones is 2. The molecule has 0 aromatic heterocycles. The Bertz CT molecular complexity index is 1540. The summed E-state index contributed by atoms with van der Waals surface area (Å²) in [5, 5.41) is 45.2. The number of Topliss-reactive ketones (excluding diaryl/α,β-unsaturated/α-hetero) is 2. The first-order chi connectivity index (χ1) is 20.8. The number of aliphatic hydroxyl groups is 3. The number of carbonyl (C=O) groups is 3. The molecular formula is C29H42N4O11S. The van der Waals surface area contributed by atoms with Crippen LogP contribution in [0.15, 0.2) is 23.0 Å². The van der Waals surface area contributed by atoms with Gasteiger partial charge in [-0.25, -0.2) is 0 Å². The third-order valence-electron chi connectivity index (χ3n) is 8.63. The van der Waals surface area contributed by atoms with E-state index < -0.39 is 68.4 Å². The Morgan fingerprint density at radius 1 is 1.07 bits per heavy atom. The van der Waals surface area contributed by atoms with Crippen LogP contribution in [0.5, 0.6) is 5.75 Å². The summed E-state index contributed by atoms with van der Waals surface area (Å²) in [6.07, 6.45) is 4.05. The van der Waals surface area contributed by atoms with Gasteiger partial charge < -0.3 is 36.8 Å². The fourth-order valence-electron chi connectivity index (χ4n) is 6.64.